The number of rotatable bonds is 2. The van der Waals surface area contributed by atoms with Gasteiger partial charge < -0.3 is 10.8 Å². The molecule has 0 aliphatic heterocycles. The fourth-order valence-corrected chi connectivity index (χ4v) is 1.82. The van der Waals surface area contributed by atoms with Gasteiger partial charge in [-0.05, 0) is 35.7 Å². The van der Waals surface area contributed by atoms with Crippen molar-refractivity contribution in [2.75, 3.05) is 5.73 Å². The van der Waals surface area contributed by atoms with Crippen LogP contribution in [0.2, 0.25) is 5.02 Å². The second kappa shape index (κ2) is 4.45. The number of hydrogen-bond donors (Lipinski definition) is 2. The number of nitrogen functional groups attached to an aromatic ring is 1. The van der Waals surface area contributed by atoms with Crippen molar-refractivity contribution in [3.8, 4) is 5.75 Å². The Balaban J connectivity index is 2.27. The first kappa shape index (κ1) is 10.8. The van der Waals surface area contributed by atoms with Crippen molar-refractivity contribution in [1.82, 2.24) is 0 Å². The molecule has 0 unspecified atom stereocenters. The topological polar surface area (TPSA) is 46.2 Å². The standard InChI is InChI=1S/C13H12ClNO/c14-11-3-1-2-9(7-11)6-10-4-5-12(16)8-13(10)15/h1-5,7-8,16H,6,15H2. The summed E-state index contributed by atoms with van der Waals surface area (Å²) in [4.78, 5) is 0. The van der Waals surface area contributed by atoms with Crippen molar-refractivity contribution in [3.63, 3.8) is 0 Å². The summed E-state index contributed by atoms with van der Waals surface area (Å²) < 4.78 is 0. The minimum Gasteiger partial charge on any atom is -0.508 e. The van der Waals surface area contributed by atoms with E-state index in [1.807, 2.05) is 30.3 Å². The number of nitrogens with two attached hydrogens (primary N) is 1. The quantitative estimate of drug-likeness (QED) is 0.783. The van der Waals surface area contributed by atoms with Crippen LogP contribution in [0.4, 0.5) is 5.69 Å². The fourth-order valence-electron chi connectivity index (χ4n) is 1.61. The smallest absolute Gasteiger partial charge is 0.117 e. The Morgan fingerprint density at radius 1 is 1.12 bits per heavy atom. The highest BCUT2D eigenvalue weighted by molar-refractivity contribution is 6.30. The van der Waals surface area contributed by atoms with Gasteiger partial charge in [0.2, 0.25) is 0 Å². The molecule has 0 fully saturated rings. The molecule has 82 valence electrons. The molecule has 0 radical (unpaired) electrons. The SMILES string of the molecule is Nc1cc(O)ccc1Cc1cccc(Cl)c1. The van der Waals surface area contributed by atoms with Gasteiger partial charge in [-0.3, -0.25) is 0 Å². The molecule has 0 atom stereocenters. The maximum Gasteiger partial charge on any atom is 0.117 e. The summed E-state index contributed by atoms with van der Waals surface area (Å²) in [6.45, 7) is 0. The second-order valence-corrected chi connectivity index (χ2v) is 4.13. The van der Waals surface area contributed by atoms with E-state index in [1.54, 1.807) is 12.1 Å². The zero-order valence-corrected chi connectivity index (χ0v) is 9.41. The summed E-state index contributed by atoms with van der Waals surface area (Å²) in [6.07, 6.45) is 0.715. The first-order valence-electron chi connectivity index (χ1n) is 4.97. The van der Waals surface area contributed by atoms with Crippen LogP contribution in [0.5, 0.6) is 5.75 Å². The maximum absolute atomic E-state index is 9.25. The third-order valence-electron chi connectivity index (χ3n) is 2.41. The van der Waals surface area contributed by atoms with E-state index >= 15 is 0 Å². The average Bonchev–Trinajstić information content (AvgIpc) is 2.22. The van der Waals surface area contributed by atoms with Crippen LogP contribution in [0.3, 0.4) is 0 Å². The van der Waals surface area contributed by atoms with Crippen LogP contribution >= 0.6 is 11.6 Å². The summed E-state index contributed by atoms with van der Waals surface area (Å²) >= 11 is 5.90. The summed E-state index contributed by atoms with van der Waals surface area (Å²) in [5, 5.41) is 9.96. The highest BCUT2D eigenvalue weighted by atomic mass is 35.5. The average molecular weight is 234 g/mol. The molecule has 2 nitrogen and oxygen atoms in total. The molecule has 0 saturated heterocycles. The number of anilines is 1. The predicted octanol–water partition coefficient (Wildman–Crippen LogP) is 3.22. The second-order valence-electron chi connectivity index (χ2n) is 3.69. The number of hydrogen-bond acceptors (Lipinski definition) is 2. The highest BCUT2D eigenvalue weighted by Crippen LogP contribution is 2.22. The highest BCUT2D eigenvalue weighted by Gasteiger charge is 2.02. The van der Waals surface area contributed by atoms with E-state index in [0.717, 1.165) is 16.1 Å². The van der Waals surface area contributed by atoms with Gasteiger partial charge in [-0.25, -0.2) is 0 Å². The molecule has 0 saturated carbocycles. The Bertz CT molecular complexity index is 511. The van der Waals surface area contributed by atoms with E-state index in [1.165, 1.54) is 0 Å². The van der Waals surface area contributed by atoms with Gasteiger partial charge in [0.15, 0.2) is 0 Å². The van der Waals surface area contributed by atoms with Gasteiger partial charge in [-0.1, -0.05) is 29.8 Å². The molecule has 0 aliphatic carbocycles. The van der Waals surface area contributed by atoms with Gasteiger partial charge in [0, 0.05) is 16.8 Å². The molecule has 2 rings (SSSR count). The molecule has 0 bridgehead atoms. The van der Waals surface area contributed by atoms with Crippen LogP contribution < -0.4 is 5.73 Å². The molecule has 0 spiro atoms. The Kier molecular flexibility index (Phi) is 3.02. The lowest BCUT2D eigenvalue weighted by Crippen LogP contribution is -1.95. The zero-order valence-electron chi connectivity index (χ0n) is 8.65. The number of benzene rings is 2. The first-order chi connectivity index (χ1) is 7.65. The third-order valence-corrected chi connectivity index (χ3v) is 2.65. The largest absolute Gasteiger partial charge is 0.508 e. The van der Waals surface area contributed by atoms with E-state index < -0.39 is 0 Å². The number of aromatic hydroxyl groups is 1. The van der Waals surface area contributed by atoms with Gasteiger partial charge in [0.25, 0.3) is 0 Å². The van der Waals surface area contributed by atoms with Gasteiger partial charge >= 0.3 is 0 Å². The molecule has 2 aromatic rings. The third kappa shape index (κ3) is 2.47. The monoisotopic (exact) mass is 233 g/mol. The molecular weight excluding hydrogens is 222 g/mol. The molecule has 3 heteroatoms. The van der Waals surface area contributed by atoms with Crippen molar-refractivity contribution in [3.05, 3.63) is 58.6 Å². The van der Waals surface area contributed by atoms with E-state index in [9.17, 15) is 5.11 Å². The van der Waals surface area contributed by atoms with Crippen molar-refractivity contribution < 1.29 is 5.11 Å². The predicted molar refractivity (Wildman–Crippen MR) is 66.8 cm³/mol. The molecule has 0 aromatic heterocycles. The van der Waals surface area contributed by atoms with Crippen LogP contribution in [0.1, 0.15) is 11.1 Å². The number of phenols is 1. The minimum absolute atomic E-state index is 0.187. The molecule has 3 N–H and O–H groups in total. The fraction of sp³-hybridized carbons (Fsp3) is 0.0769. The van der Waals surface area contributed by atoms with Crippen molar-refractivity contribution in [1.29, 1.82) is 0 Å². The molecule has 2 aromatic carbocycles. The van der Waals surface area contributed by atoms with Crippen LogP contribution in [0.15, 0.2) is 42.5 Å². The summed E-state index contributed by atoms with van der Waals surface area (Å²) in [6, 6.07) is 12.7. The molecular formula is C13H12ClNO. The van der Waals surface area contributed by atoms with Crippen LogP contribution in [-0.4, -0.2) is 5.11 Å². The van der Waals surface area contributed by atoms with Gasteiger partial charge in [-0.2, -0.15) is 0 Å². The Labute approximate surface area is 99.3 Å². The van der Waals surface area contributed by atoms with Crippen molar-refractivity contribution in [2.45, 2.75) is 6.42 Å². The van der Waals surface area contributed by atoms with E-state index in [0.29, 0.717) is 12.1 Å². The van der Waals surface area contributed by atoms with Crippen LogP contribution in [-0.2, 0) is 6.42 Å². The van der Waals surface area contributed by atoms with Crippen LogP contribution in [0, 0.1) is 0 Å². The Hall–Kier alpha value is -1.67. The van der Waals surface area contributed by atoms with Crippen molar-refractivity contribution in [2.24, 2.45) is 0 Å². The van der Waals surface area contributed by atoms with Gasteiger partial charge in [0.05, 0.1) is 0 Å². The first-order valence-corrected chi connectivity index (χ1v) is 5.35. The minimum atomic E-state index is 0.187. The van der Waals surface area contributed by atoms with E-state index in [4.69, 9.17) is 17.3 Å². The Morgan fingerprint density at radius 2 is 1.94 bits per heavy atom. The lowest BCUT2D eigenvalue weighted by Gasteiger charge is -2.06. The van der Waals surface area contributed by atoms with Crippen LogP contribution in [0.25, 0.3) is 0 Å². The lowest BCUT2D eigenvalue weighted by molar-refractivity contribution is 0.475. The molecule has 16 heavy (non-hydrogen) atoms. The lowest BCUT2D eigenvalue weighted by atomic mass is 10.0. The van der Waals surface area contributed by atoms with Gasteiger partial charge in [-0.15, -0.1) is 0 Å². The molecule has 0 aliphatic rings. The van der Waals surface area contributed by atoms with Gasteiger partial charge in [0.1, 0.15) is 5.75 Å². The zero-order chi connectivity index (χ0) is 11.5. The normalized spacial score (nSPS) is 10.3. The van der Waals surface area contributed by atoms with E-state index in [2.05, 4.69) is 0 Å². The van der Waals surface area contributed by atoms with Crippen molar-refractivity contribution >= 4 is 17.3 Å². The summed E-state index contributed by atoms with van der Waals surface area (Å²) in [5.41, 5.74) is 8.50. The Morgan fingerprint density at radius 3 is 2.62 bits per heavy atom. The maximum atomic E-state index is 9.25. The molecule has 0 heterocycles. The summed E-state index contributed by atoms with van der Waals surface area (Å²) in [5.74, 6) is 0.187. The number of phenolic OH excluding ortho intramolecular Hbond substituents is 1. The summed E-state index contributed by atoms with van der Waals surface area (Å²) in [7, 11) is 0. The van der Waals surface area contributed by atoms with E-state index in [-0.39, 0.29) is 5.75 Å². The number of halogens is 1. The molecule has 0 amide bonds.